The molecule has 2 aromatic carbocycles. The van der Waals surface area contributed by atoms with E-state index in [0.717, 1.165) is 27.4 Å². The van der Waals surface area contributed by atoms with Gasteiger partial charge in [-0.3, -0.25) is 0 Å². The van der Waals surface area contributed by atoms with Crippen molar-refractivity contribution in [2.24, 2.45) is 0 Å². The van der Waals surface area contributed by atoms with E-state index in [0.29, 0.717) is 5.88 Å². The third-order valence-corrected chi connectivity index (χ3v) is 3.56. The smallest absolute Gasteiger partial charge is 0.219 e. The first kappa shape index (κ1) is 12.2. The molecule has 0 aliphatic heterocycles. The highest BCUT2D eigenvalue weighted by Gasteiger charge is 2.03. The Morgan fingerprint density at radius 1 is 0.947 bits per heavy atom. The number of fused-ring (bicyclic) bond motifs is 1. The second-order valence-corrected chi connectivity index (χ2v) is 4.78. The van der Waals surface area contributed by atoms with Crippen molar-refractivity contribution in [3.05, 3.63) is 66.4 Å². The Bertz CT molecular complexity index is 689. The number of nitrogens with zero attached hydrogens (tertiary/aromatic N) is 1. The summed E-state index contributed by atoms with van der Waals surface area (Å²) in [6.45, 7) is 0. The molecule has 2 nitrogen and oxygen atoms in total. The summed E-state index contributed by atoms with van der Waals surface area (Å²) >= 11 is 3.40. The molecule has 0 saturated carbocycles. The fourth-order valence-corrected chi connectivity index (χ4v) is 2.28. The third kappa shape index (κ3) is 2.61. The molecule has 0 saturated heterocycles. The van der Waals surface area contributed by atoms with Crippen LogP contribution in [0.1, 0.15) is 5.56 Å². The molecular weight excluding hydrogens is 302 g/mol. The maximum absolute atomic E-state index is 5.86. The molecule has 1 aromatic heterocycles. The number of hydrogen-bond acceptors (Lipinski definition) is 2. The van der Waals surface area contributed by atoms with Crippen LogP contribution in [0.4, 0.5) is 0 Å². The molecule has 0 amide bonds. The zero-order chi connectivity index (χ0) is 13.1. The number of pyridine rings is 1. The van der Waals surface area contributed by atoms with Gasteiger partial charge in [0, 0.05) is 23.0 Å². The van der Waals surface area contributed by atoms with Gasteiger partial charge < -0.3 is 4.74 Å². The van der Waals surface area contributed by atoms with E-state index < -0.39 is 0 Å². The van der Waals surface area contributed by atoms with Crippen molar-refractivity contribution in [1.82, 2.24) is 4.98 Å². The largest absolute Gasteiger partial charge is 0.438 e. The fourth-order valence-electron chi connectivity index (χ4n) is 1.95. The van der Waals surface area contributed by atoms with Crippen molar-refractivity contribution >= 4 is 26.7 Å². The minimum atomic E-state index is 0.612. The Morgan fingerprint density at radius 2 is 1.79 bits per heavy atom. The van der Waals surface area contributed by atoms with Crippen LogP contribution in [0.25, 0.3) is 10.8 Å². The lowest BCUT2D eigenvalue weighted by Gasteiger charge is -2.08. The summed E-state index contributed by atoms with van der Waals surface area (Å²) < 4.78 is 5.86. The van der Waals surface area contributed by atoms with Gasteiger partial charge in [0.15, 0.2) is 0 Å². The standard InChI is InChI=1S/C16H12BrNO/c17-10-12-8-9-16(18-11-12)19-15-7-3-5-13-4-1-2-6-14(13)15/h1-9,11H,10H2. The van der Waals surface area contributed by atoms with Gasteiger partial charge in [-0.05, 0) is 17.0 Å². The number of halogens is 1. The van der Waals surface area contributed by atoms with Gasteiger partial charge in [0.2, 0.25) is 5.88 Å². The summed E-state index contributed by atoms with van der Waals surface area (Å²) in [5.74, 6) is 1.44. The van der Waals surface area contributed by atoms with E-state index in [1.54, 1.807) is 0 Å². The van der Waals surface area contributed by atoms with Crippen LogP contribution in [0.3, 0.4) is 0 Å². The van der Waals surface area contributed by atoms with Crippen LogP contribution in [0.5, 0.6) is 11.6 Å². The monoisotopic (exact) mass is 313 g/mol. The molecule has 0 aliphatic carbocycles. The first-order chi connectivity index (χ1) is 9.36. The predicted molar refractivity (Wildman–Crippen MR) is 80.9 cm³/mol. The Morgan fingerprint density at radius 3 is 2.58 bits per heavy atom. The summed E-state index contributed by atoms with van der Waals surface area (Å²) in [6.07, 6.45) is 1.81. The zero-order valence-electron chi connectivity index (χ0n) is 10.2. The number of hydrogen-bond donors (Lipinski definition) is 0. The van der Waals surface area contributed by atoms with Gasteiger partial charge in [-0.25, -0.2) is 4.98 Å². The first-order valence-corrected chi connectivity index (χ1v) is 7.15. The summed E-state index contributed by atoms with van der Waals surface area (Å²) in [4.78, 5) is 4.30. The van der Waals surface area contributed by atoms with Gasteiger partial charge in [0.05, 0.1) is 0 Å². The Kier molecular flexibility index (Phi) is 3.47. The molecule has 3 heteroatoms. The molecule has 19 heavy (non-hydrogen) atoms. The maximum atomic E-state index is 5.86. The molecule has 0 spiro atoms. The van der Waals surface area contributed by atoms with E-state index in [2.05, 4.69) is 39.1 Å². The molecule has 3 rings (SSSR count). The van der Waals surface area contributed by atoms with Crippen LogP contribution < -0.4 is 4.74 Å². The van der Waals surface area contributed by atoms with E-state index in [1.165, 1.54) is 0 Å². The Balaban J connectivity index is 1.96. The molecule has 94 valence electrons. The van der Waals surface area contributed by atoms with E-state index in [9.17, 15) is 0 Å². The van der Waals surface area contributed by atoms with Crippen LogP contribution >= 0.6 is 15.9 Å². The van der Waals surface area contributed by atoms with Crippen LogP contribution in [0.15, 0.2) is 60.8 Å². The number of aromatic nitrogens is 1. The average Bonchev–Trinajstić information content (AvgIpc) is 2.48. The number of rotatable bonds is 3. The SMILES string of the molecule is BrCc1ccc(Oc2cccc3ccccc23)nc1. The topological polar surface area (TPSA) is 22.1 Å². The highest BCUT2D eigenvalue weighted by molar-refractivity contribution is 9.08. The second-order valence-electron chi connectivity index (χ2n) is 4.22. The van der Waals surface area contributed by atoms with E-state index in [1.807, 2.05) is 42.6 Å². The van der Waals surface area contributed by atoms with E-state index in [4.69, 9.17) is 4.74 Å². The first-order valence-electron chi connectivity index (χ1n) is 6.03. The lowest BCUT2D eigenvalue weighted by Crippen LogP contribution is -1.89. The number of ether oxygens (including phenoxy) is 1. The van der Waals surface area contributed by atoms with Gasteiger partial charge in [-0.1, -0.05) is 58.4 Å². The highest BCUT2D eigenvalue weighted by Crippen LogP contribution is 2.28. The van der Waals surface area contributed by atoms with Crippen molar-refractivity contribution < 1.29 is 4.74 Å². The second kappa shape index (κ2) is 5.41. The van der Waals surface area contributed by atoms with E-state index >= 15 is 0 Å². The maximum Gasteiger partial charge on any atom is 0.219 e. The summed E-state index contributed by atoms with van der Waals surface area (Å²) in [6, 6.07) is 18.1. The summed E-state index contributed by atoms with van der Waals surface area (Å²) in [5.41, 5.74) is 1.13. The molecule has 0 fully saturated rings. The molecule has 1 heterocycles. The number of benzene rings is 2. The Labute approximate surface area is 120 Å². The van der Waals surface area contributed by atoms with Crippen molar-refractivity contribution in [3.8, 4) is 11.6 Å². The highest BCUT2D eigenvalue weighted by atomic mass is 79.9. The minimum absolute atomic E-state index is 0.612. The normalized spacial score (nSPS) is 10.6. The lowest BCUT2D eigenvalue weighted by molar-refractivity contribution is 0.468. The van der Waals surface area contributed by atoms with Gasteiger partial charge in [-0.2, -0.15) is 0 Å². The lowest BCUT2D eigenvalue weighted by atomic mass is 10.1. The summed E-state index contributed by atoms with van der Waals surface area (Å²) in [7, 11) is 0. The third-order valence-electron chi connectivity index (χ3n) is 2.92. The molecule has 0 N–H and O–H groups in total. The van der Waals surface area contributed by atoms with Gasteiger partial charge in [0.1, 0.15) is 5.75 Å². The summed E-state index contributed by atoms with van der Waals surface area (Å²) in [5, 5.41) is 3.06. The minimum Gasteiger partial charge on any atom is -0.438 e. The number of alkyl halides is 1. The van der Waals surface area contributed by atoms with Crippen molar-refractivity contribution in [2.45, 2.75) is 5.33 Å². The van der Waals surface area contributed by atoms with Gasteiger partial charge >= 0.3 is 0 Å². The quantitative estimate of drug-likeness (QED) is 0.640. The molecule has 3 aromatic rings. The molecular formula is C16H12BrNO. The van der Waals surface area contributed by atoms with Crippen molar-refractivity contribution in [1.29, 1.82) is 0 Å². The van der Waals surface area contributed by atoms with Crippen molar-refractivity contribution in [3.63, 3.8) is 0 Å². The molecule has 0 unspecified atom stereocenters. The molecule has 0 atom stereocenters. The van der Waals surface area contributed by atoms with Crippen LogP contribution in [0.2, 0.25) is 0 Å². The Hall–Kier alpha value is -1.87. The fraction of sp³-hybridized carbons (Fsp3) is 0.0625. The zero-order valence-corrected chi connectivity index (χ0v) is 11.8. The molecule has 0 bridgehead atoms. The van der Waals surface area contributed by atoms with Crippen LogP contribution in [-0.2, 0) is 5.33 Å². The van der Waals surface area contributed by atoms with Crippen LogP contribution in [0, 0.1) is 0 Å². The van der Waals surface area contributed by atoms with Crippen LogP contribution in [-0.4, -0.2) is 4.98 Å². The van der Waals surface area contributed by atoms with Gasteiger partial charge in [-0.15, -0.1) is 0 Å². The van der Waals surface area contributed by atoms with E-state index in [-0.39, 0.29) is 0 Å². The molecule has 0 radical (unpaired) electrons. The average molecular weight is 314 g/mol. The predicted octanol–water partition coefficient (Wildman–Crippen LogP) is 4.92. The van der Waals surface area contributed by atoms with Crippen molar-refractivity contribution in [2.75, 3.05) is 0 Å². The molecule has 0 aliphatic rings. The van der Waals surface area contributed by atoms with Gasteiger partial charge in [0.25, 0.3) is 0 Å².